The Balaban J connectivity index is 1.65. The minimum absolute atomic E-state index is 0.341. The highest BCUT2D eigenvalue weighted by molar-refractivity contribution is 6.42. The van der Waals surface area contributed by atoms with E-state index in [4.69, 9.17) is 33.9 Å². The lowest BCUT2D eigenvalue weighted by Gasteiger charge is -2.37. The van der Waals surface area contributed by atoms with Gasteiger partial charge in [-0.25, -0.2) is 4.98 Å². The van der Waals surface area contributed by atoms with E-state index in [1.54, 1.807) is 6.07 Å². The number of halogens is 2. The topological polar surface area (TPSA) is 43.8 Å². The number of nitrogens with two attached hydrogens (primary N) is 1. The molecule has 3 nitrogen and oxygen atoms in total. The summed E-state index contributed by atoms with van der Waals surface area (Å²) in [5.41, 5.74) is 11.1. The van der Waals surface area contributed by atoms with Gasteiger partial charge in [0.25, 0.3) is 0 Å². The number of benzene rings is 4. The van der Waals surface area contributed by atoms with Crippen LogP contribution in [0.15, 0.2) is 122 Å². The molecule has 0 fully saturated rings. The van der Waals surface area contributed by atoms with E-state index in [0.717, 1.165) is 27.9 Å². The van der Waals surface area contributed by atoms with Crippen molar-refractivity contribution in [3.63, 3.8) is 0 Å². The van der Waals surface area contributed by atoms with Crippen molar-refractivity contribution >= 4 is 23.2 Å². The van der Waals surface area contributed by atoms with Gasteiger partial charge in [0.2, 0.25) is 0 Å². The summed E-state index contributed by atoms with van der Waals surface area (Å²) in [7, 11) is 0. The molecule has 1 heterocycles. The first-order chi connectivity index (χ1) is 17.1. The van der Waals surface area contributed by atoms with Gasteiger partial charge in [-0.3, -0.25) is 0 Å². The standard InChI is InChI=1S/C30H25Cl2N3/c31-26-18-10-11-22(29(26)32)19-27(33)28-20-35(21-34-28)30(23-12-4-1-5-13-23,24-14-6-2-7-15-24)25-16-8-3-9-17-25/h1-18,20-21,27H,19,33H2. The molecule has 174 valence electrons. The lowest BCUT2D eigenvalue weighted by Crippen LogP contribution is -2.37. The molecule has 2 N–H and O–H groups in total. The van der Waals surface area contributed by atoms with Crippen LogP contribution < -0.4 is 5.73 Å². The molecule has 5 heteroatoms. The average Bonchev–Trinajstić information content (AvgIpc) is 3.40. The maximum Gasteiger partial charge on any atom is 0.121 e. The van der Waals surface area contributed by atoms with Crippen molar-refractivity contribution in [3.05, 3.63) is 160 Å². The van der Waals surface area contributed by atoms with Crippen molar-refractivity contribution in [1.29, 1.82) is 0 Å². The van der Waals surface area contributed by atoms with Crippen LogP contribution in [0.4, 0.5) is 0 Å². The van der Waals surface area contributed by atoms with E-state index in [1.807, 2.05) is 36.7 Å². The van der Waals surface area contributed by atoms with Crippen molar-refractivity contribution in [2.45, 2.75) is 18.0 Å². The molecule has 0 saturated heterocycles. The number of hydrogen-bond donors (Lipinski definition) is 1. The number of imidazole rings is 1. The molecule has 1 aromatic heterocycles. The van der Waals surface area contributed by atoms with Crippen molar-refractivity contribution < 1.29 is 0 Å². The molecule has 0 aliphatic carbocycles. The fourth-order valence-corrected chi connectivity index (χ4v) is 5.14. The molecule has 5 aromatic rings. The van der Waals surface area contributed by atoms with Gasteiger partial charge in [0, 0.05) is 6.20 Å². The van der Waals surface area contributed by atoms with Crippen molar-refractivity contribution in [2.75, 3.05) is 0 Å². The summed E-state index contributed by atoms with van der Waals surface area (Å²) in [5, 5.41) is 1.06. The third-order valence-corrected chi connectivity index (χ3v) is 7.27. The molecule has 0 amide bonds. The molecule has 0 spiro atoms. The Morgan fingerprint density at radius 1 is 0.714 bits per heavy atom. The molecule has 4 aromatic carbocycles. The zero-order valence-electron chi connectivity index (χ0n) is 19.1. The van der Waals surface area contributed by atoms with Gasteiger partial charge in [0.05, 0.1) is 28.1 Å². The number of nitrogens with zero attached hydrogens (tertiary/aromatic N) is 2. The Morgan fingerprint density at radius 2 is 1.23 bits per heavy atom. The van der Waals surface area contributed by atoms with Crippen LogP contribution in [-0.4, -0.2) is 9.55 Å². The van der Waals surface area contributed by atoms with E-state index >= 15 is 0 Å². The Bertz CT molecular complexity index is 1300. The van der Waals surface area contributed by atoms with Gasteiger partial charge in [-0.1, -0.05) is 126 Å². The van der Waals surface area contributed by atoms with Gasteiger partial charge in [0.1, 0.15) is 5.54 Å². The first kappa shape index (κ1) is 23.4. The van der Waals surface area contributed by atoms with Gasteiger partial charge in [-0.05, 0) is 34.7 Å². The smallest absolute Gasteiger partial charge is 0.121 e. The molecule has 5 rings (SSSR count). The maximum absolute atomic E-state index is 6.64. The van der Waals surface area contributed by atoms with E-state index in [0.29, 0.717) is 16.5 Å². The molecule has 1 atom stereocenters. The normalized spacial score (nSPS) is 12.4. The SMILES string of the molecule is NC(Cc1cccc(Cl)c1Cl)c1cn(C(c2ccccc2)(c2ccccc2)c2ccccc2)cn1. The van der Waals surface area contributed by atoms with Crippen molar-refractivity contribution in [3.8, 4) is 0 Å². The third kappa shape index (κ3) is 4.39. The monoisotopic (exact) mass is 497 g/mol. The highest BCUT2D eigenvalue weighted by Crippen LogP contribution is 2.41. The Kier molecular flexibility index (Phi) is 6.74. The lowest BCUT2D eigenvalue weighted by atomic mass is 9.77. The van der Waals surface area contributed by atoms with Crippen LogP contribution in [0, 0.1) is 0 Å². The summed E-state index contributed by atoms with van der Waals surface area (Å²) in [5.74, 6) is 0. The molecular formula is C30H25Cl2N3. The van der Waals surface area contributed by atoms with Crippen LogP contribution >= 0.6 is 23.2 Å². The summed E-state index contributed by atoms with van der Waals surface area (Å²) in [6.45, 7) is 0. The molecule has 35 heavy (non-hydrogen) atoms. The minimum atomic E-state index is -0.623. The molecule has 0 radical (unpaired) electrons. The van der Waals surface area contributed by atoms with Crippen molar-refractivity contribution in [1.82, 2.24) is 9.55 Å². The zero-order chi connectivity index (χ0) is 24.3. The fraction of sp³-hybridized carbons (Fsp3) is 0.100. The predicted molar refractivity (Wildman–Crippen MR) is 144 cm³/mol. The molecular weight excluding hydrogens is 473 g/mol. The van der Waals surface area contributed by atoms with Crippen LogP contribution in [-0.2, 0) is 12.0 Å². The lowest BCUT2D eigenvalue weighted by molar-refractivity contribution is 0.513. The van der Waals surface area contributed by atoms with E-state index < -0.39 is 5.54 Å². The van der Waals surface area contributed by atoms with E-state index in [-0.39, 0.29) is 6.04 Å². The van der Waals surface area contributed by atoms with Gasteiger partial charge in [-0.2, -0.15) is 0 Å². The molecule has 0 bridgehead atoms. The predicted octanol–water partition coefficient (Wildman–Crippen LogP) is 7.27. The van der Waals surface area contributed by atoms with E-state index in [9.17, 15) is 0 Å². The van der Waals surface area contributed by atoms with Crippen LogP contribution in [0.25, 0.3) is 0 Å². The van der Waals surface area contributed by atoms with Gasteiger partial charge >= 0.3 is 0 Å². The van der Waals surface area contributed by atoms with Crippen LogP contribution in [0.1, 0.15) is 34.0 Å². The Morgan fingerprint density at radius 3 is 1.74 bits per heavy atom. The van der Waals surface area contributed by atoms with Crippen LogP contribution in [0.2, 0.25) is 10.0 Å². The van der Waals surface area contributed by atoms with Gasteiger partial charge in [-0.15, -0.1) is 0 Å². The first-order valence-corrected chi connectivity index (χ1v) is 12.3. The maximum atomic E-state index is 6.64. The molecule has 0 aliphatic heterocycles. The van der Waals surface area contributed by atoms with Gasteiger partial charge in [0.15, 0.2) is 0 Å². The summed E-state index contributed by atoms with van der Waals surface area (Å²) >= 11 is 12.6. The Hall–Kier alpha value is -3.37. The average molecular weight is 498 g/mol. The summed E-state index contributed by atoms with van der Waals surface area (Å²) in [6, 6.07) is 36.8. The van der Waals surface area contributed by atoms with E-state index in [1.165, 1.54) is 0 Å². The summed E-state index contributed by atoms with van der Waals surface area (Å²) in [4.78, 5) is 4.77. The molecule has 0 saturated carbocycles. The summed E-state index contributed by atoms with van der Waals surface area (Å²) < 4.78 is 2.17. The van der Waals surface area contributed by atoms with Crippen molar-refractivity contribution in [2.24, 2.45) is 5.73 Å². The molecule has 0 aliphatic rings. The number of rotatable bonds is 7. The zero-order valence-corrected chi connectivity index (χ0v) is 20.6. The number of aromatic nitrogens is 2. The second-order valence-electron chi connectivity index (χ2n) is 8.54. The second kappa shape index (κ2) is 10.1. The second-order valence-corrected chi connectivity index (χ2v) is 9.32. The first-order valence-electron chi connectivity index (χ1n) is 11.5. The van der Waals surface area contributed by atoms with Gasteiger partial charge < -0.3 is 10.3 Å². The number of hydrogen-bond acceptors (Lipinski definition) is 2. The largest absolute Gasteiger partial charge is 0.322 e. The van der Waals surface area contributed by atoms with Crippen LogP contribution in [0.3, 0.4) is 0 Å². The van der Waals surface area contributed by atoms with Crippen LogP contribution in [0.5, 0.6) is 0 Å². The quantitative estimate of drug-likeness (QED) is 0.240. The minimum Gasteiger partial charge on any atom is -0.322 e. The Labute approximate surface area is 215 Å². The fourth-order valence-electron chi connectivity index (χ4n) is 4.75. The molecule has 1 unspecified atom stereocenters. The van der Waals surface area contributed by atoms with E-state index in [2.05, 4.69) is 83.6 Å². The summed E-state index contributed by atoms with van der Waals surface area (Å²) in [6.07, 6.45) is 4.46. The highest BCUT2D eigenvalue weighted by Gasteiger charge is 2.38. The highest BCUT2D eigenvalue weighted by atomic mass is 35.5. The third-order valence-electron chi connectivity index (χ3n) is 6.42.